The van der Waals surface area contributed by atoms with E-state index < -0.39 is 15.1 Å². The van der Waals surface area contributed by atoms with Gasteiger partial charge in [0, 0.05) is 0 Å². The van der Waals surface area contributed by atoms with Gasteiger partial charge in [0.05, 0.1) is 20.4 Å². The van der Waals surface area contributed by atoms with Crippen LogP contribution < -0.4 is 0 Å². The van der Waals surface area contributed by atoms with Crippen LogP contribution in [0.15, 0.2) is 52.9 Å². The van der Waals surface area contributed by atoms with Crippen LogP contribution in [0.4, 0.5) is 0 Å². The predicted molar refractivity (Wildman–Crippen MR) is 104 cm³/mol. The van der Waals surface area contributed by atoms with Crippen molar-refractivity contribution in [1.29, 1.82) is 0 Å². The van der Waals surface area contributed by atoms with E-state index in [0.717, 1.165) is 26.9 Å². The van der Waals surface area contributed by atoms with E-state index in [1.165, 1.54) is 22.7 Å². The van der Waals surface area contributed by atoms with E-state index in [-0.39, 0.29) is 4.34 Å². The summed E-state index contributed by atoms with van der Waals surface area (Å²) >= 11 is 2.70. The summed E-state index contributed by atoms with van der Waals surface area (Å²) in [5.74, 6) is 0. The van der Waals surface area contributed by atoms with Crippen molar-refractivity contribution in [1.82, 2.24) is 9.97 Å². The molecule has 0 saturated carbocycles. The second-order valence-electron chi connectivity index (χ2n) is 5.79. The first-order chi connectivity index (χ1) is 12.1. The summed E-state index contributed by atoms with van der Waals surface area (Å²) in [6, 6.07) is 15.3. The van der Waals surface area contributed by atoms with Gasteiger partial charge >= 0.3 is 0 Å². The average molecular weight is 389 g/mol. The number of benzene rings is 2. The standard InChI is InChI=1S/C18H16N2O2S3/c1-2-7-16(17-19-12-8-3-5-10-14(12)23-17)25(21,22)18-20-13-9-4-6-11-15(13)24-18/h3-6,8-11,16H,2,7H2,1H3. The molecule has 0 saturated heterocycles. The quantitative estimate of drug-likeness (QED) is 0.470. The number of sulfone groups is 1. The van der Waals surface area contributed by atoms with Gasteiger partial charge in [-0.3, -0.25) is 0 Å². The van der Waals surface area contributed by atoms with Gasteiger partial charge in [-0.15, -0.1) is 22.7 Å². The lowest BCUT2D eigenvalue weighted by atomic mass is 10.2. The van der Waals surface area contributed by atoms with Crippen molar-refractivity contribution in [3.8, 4) is 0 Å². The van der Waals surface area contributed by atoms with Gasteiger partial charge in [0.2, 0.25) is 14.2 Å². The summed E-state index contributed by atoms with van der Waals surface area (Å²) in [5.41, 5.74) is 1.58. The molecule has 1 unspecified atom stereocenters. The molecule has 128 valence electrons. The van der Waals surface area contributed by atoms with Crippen LogP contribution in [0.25, 0.3) is 20.4 Å². The van der Waals surface area contributed by atoms with Crippen LogP contribution in [0.3, 0.4) is 0 Å². The van der Waals surface area contributed by atoms with E-state index in [1.54, 1.807) is 0 Å². The van der Waals surface area contributed by atoms with E-state index in [4.69, 9.17) is 0 Å². The van der Waals surface area contributed by atoms with Gasteiger partial charge in [-0.05, 0) is 30.7 Å². The Morgan fingerprint density at radius 3 is 2.12 bits per heavy atom. The van der Waals surface area contributed by atoms with Gasteiger partial charge in [0.1, 0.15) is 10.3 Å². The van der Waals surface area contributed by atoms with Crippen molar-refractivity contribution < 1.29 is 8.42 Å². The highest BCUT2D eigenvalue weighted by molar-refractivity contribution is 7.93. The molecule has 0 amide bonds. The largest absolute Gasteiger partial charge is 0.240 e. The second-order valence-corrected chi connectivity index (χ2v) is 10.2. The lowest BCUT2D eigenvalue weighted by Crippen LogP contribution is -2.13. The summed E-state index contributed by atoms with van der Waals surface area (Å²) in [6.07, 6.45) is 1.31. The average Bonchev–Trinajstić information content (AvgIpc) is 3.23. The van der Waals surface area contributed by atoms with Crippen LogP contribution in [0.2, 0.25) is 0 Å². The van der Waals surface area contributed by atoms with Gasteiger partial charge in [-0.2, -0.15) is 0 Å². The topological polar surface area (TPSA) is 59.9 Å². The third kappa shape index (κ3) is 2.96. The first-order valence-electron chi connectivity index (χ1n) is 8.04. The molecule has 2 aromatic heterocycles. The van der Waals surface area contributed by atoms with Crippen molar-refractivity contribution in [2.24, 2.45) is 0 Å². The number of hydrogen-bond acceptors (Lipinski definition) is 6. The molecule has 0 fully saturated rings. The Morgan fingerprint density at radius 2 is 1.52 bits per heavy atom. The van der Waals surface area contributed by atoms with Gasteiger partial charge < -0.3 is 0 Å². The molecule has 0 bridgehead atoms. The number of fused-ring (bicyclic) bond motifs is 2. The zero-order valence-electron chi connectivity index (χ0n) is 13.5. The van der Waals surface area contributed by atoms with Crippen LogP contribution in [0, 0.1) is 0 Å². The first-order valence-corrected chi connectivity index (χ1v) is 11.2. The van der Waals surface area contributed by atoms with Gasteiger partial charge in [0.25, 0.3) is 0 Å². The van der Waals surface area contributed by atoms with Gasteiger partial charge in [0.15, 0.2) is 0 Å². The molecule has 2 aromatic carbocycles. The van der Waals surface area contributed by atoms with Gasteiger partial charge in [-0.1, -0.05) is 37.6 Å². The molecular weight excluding hydrogens is 372 g/mol. The first kappa shape index (κ1) is 16.6. The Balaban J connectivity index is 1.83. The maximum absolute atomic E-state index is 13.3. The molecule has 0 radical (unpaired) electrons. The highest BCUT2D eigenvalue weighted by Crippen LogP contribution is 2.39. The Kier molecular flexibility index (Phi) is 4.31. The van der Waals surface area contributed by atoms with E-state index >= 15 is 0 Å². The second kappa shape index (κ2) is 6.48. The van der Waals surface area contributed by atoms with Crippen LogP contribution in [0.5, 0.6) is 0 Å². The minimum absolute atomic E-state index is 0.186. The summed E-state index contributed by atoms with van der Waals surface area (Å²) in [4.78, 5) is 8.97. The number of thiazole rings is 2. The molecule has 1 atom stereocenters. The lowest BCUT2D eigenvalue weighted by Gasteiger charge is -2.12. The molecule has 25 heavy (non-hydrogen) atoms. The van der Waals surface area contributed by atoms with Crippen LogP contribution in [0.1, 0.15) is 30.0 Å². The number of nitrogens with zero attached hydrogens (tertiary/aromatic N) is 2. The maximum atomic E-state index is 13.3. The molecule has 0 N–H and O–H groups in total. The minimum atomic E-state index is -3.57. The van der Waals surface area contributed by atoms with Crippen molar-refractivity contribution >= 4 is 52.9 Å². The van der Waals surface area contributed by atoms with Crippen molar-refractivity contribution in [3.05, 3.63) is 53.5 Å². The highest BCUT2D eigenvalue weighted by atomic mass is 32.2. The van der Waals surface area contributed by atoms with Crippen LogP contribution >= 0.6 is 22.7 Å². The zero-order chi connectivity index (χ0) is 17.4. The molecule has 2 heterocycles. The summed E-state index contributed by atoms with van der Waals surface area (Å²) in [5, 5.41) is 0.0118. The van der Waals surface area contributed by atoms with Crippen LogP contribution in [-0.2, 0) is 9.84 Å². The van der Waals surface area contributed by atoms with E-state index in [9.17, 15) is 8.42 Å². The number of para-hydroxylation sites is 2. The van der Waals surface area contributed by atoms with Gasteiger partial charge in [-0.25, -0.2) is 18.4 Å². The van der Waals surface area contributed by atoms with Crippen molar-refractivity contribution in [2.45, 2.75) is 29.4 Å². The molecule has 0 aliphatic carbocycles. The summed E-state index contributed by atoms with van der Waals surface area (Å²) in [7, 11) is -3.57. The predicted octanol–water partition coefficient (Wildman–Crippen LogP) is 5.22. The number of rotatable bonds is 5. The fourth-order valence-electron chi connectivity index (χ4n) is 2.80. The molecule has 4 nitrogen and oxygen atoms in total. The Morgan fingerprint density at radius 1 is 0.920 bits per heavy atom. The lowest BCUT2D eigenvalue weighted by molar-refractivity contribution is 0.572. The van der Waals surface area contributed by atoms with E-state index in [0.29, 0.717) is 11.4 Å². The summed E-state index contributed by atoms with van der Waals surface area (Å²) < 4.78 is 28.7. The smallest absolute Gasteiger partial charge is 0.214 e. The Hall–Kier alpha value is -1.83. The SMILES string of the molecule is CCCC(c1nc2ccccc2s1)S(=O)(=O)c1nc2ccccc2s1. The van der Waals surface area contributed by atoms with E-state index in [2.05, 4.69) is 9.97 Å². The van der Waals surface area contributed by atoms with Crippen molar-refractivity contribution in [3.63, 3.8) is 0 Å². The van der Waals surface area contributed by atoms with Crippen molar-refractivity contribution in [2.75, 3.05) is 0 Å². The van der Waals surface area contributed by atoms with Crippen LogP contribution in [-0.4, -0.2) is 18.4 Å². The maximum Gasteiger partial charge on any atom is 0.214 e. The highest BCUT2D eigenvalue weighted by Gasteiger charge is 2.33. The fourth-order valence-corrected chi connectivity index (χ4v) is 7.42. The third-order valence-electron chi connectivity index (χ3n) is 4.03. The molecular formula is C18H16N2O2S3. The molecule has 4 aromatic rings. The molecule has 0 aliphatic heterocycles. The summed E-state index contributed by atoms with van der Waals surface area (Å²) in [6.45, 7) is 1.99. The normalized spacial score (nSPS) is 13.5. The zero-order valence-corrected chi connectivity index (χ0v) is 16.0. The number of hydrogen-bond donors (Lipinski definition) is 0. The molecule has 0 aliphatic rings. The Labute approximate surface area is 154 Å². The number of aromatic nitrogens is 2. The minimum Gasteiger partial charge on any atom is -0.240 e. The molecule has 0 spiro atoms. The van der Waals surface area contributed by atoms with E-state index in [1.807, 2.05) is 55.5 Å². The Bertz CT molecular complexity index is 1080. The third-order valence-corrected chi connectivity index (χ3v) is 8.89. The molecule has 7 heteroatoms. The molecule has 4 rings (SSSR count). The monoisotopic (exact) mass is 388 g/mol. The fraction of sp³-hybridized carbons (Fsp3) is 0.222.